The molecule has 0 spiro atoms. The molecule has 0 fully saturated rings. The second-order valence-corrected chi connectivity index (χ2v) is 5.43. The Morgan fingerprint density at radius 2 is 1.75 bits per heavy atom. The van der Waals surface area contributed by atoms with Crippen molar-refractivity contribution in [2.75, 3.05) is 7.11 Å². The van der Waals surface area contributed by atoms with E-state index in [4.69, 9.17) is 9.47 Å². The third kappa shape index (κ3) is 4.59. The molecule has 2 aromatic carbocycles. The number of hydrogen-bond donors (Lipinski definition) is 1. The summed E-state index contributed by atoms with van der Waals surface area (Å²) in [6.07, 6.45) is -0.865. The summed E-state index contributed by atoms with van der Waals surface area (Å²) in [7, 11) is 1.60. The van der Waals surface area contributed by atoms with E-state index in [9.17, 15) is 9.59 Å². The van der Waals surface area contributed by atoms with Crippen LogP contribution in [0.5, 0.6) is 5.75 Å². The molecule has 0 bridgehead atoms. The molecule has 5 heteroatoms. The zero-order valence-electron chi connectivity index (χ0n) is 14.0. The Kier molecular flexibility index (Phi) is 5.95. The Morgan fingerprint density at radius 3 is 2.38 bits per heavy atom. The monoisotopic (exact) mass is 327 g/mol. The van der Waals surface area contributed by atoms with Gasteiger partial charge in [-0.2, -0.15) is 0 Å². The predicted molar refractivity (Wildman–Crippen MR) is 90.9 cm³/mol. The molecule has 126 valence electrons. The molecule has 5 nitrogen and oxygen atoms in total. The third-order valence-electron chi connectivity index (χ3n) is 3.64. The molecule has 1 amide bonds. The average molecular weight is 327 g/mol. The van der Waals surface area contributed by atoms with Gasteiger partial charge in [0.15, 0.2) is 6.10 Å². The van der Waals surface area contributed by atoms with E-state index in [-0.39, 0.29) is 5.91 Å². The van der Waals surface area contributed by atoms with E-state index in [1.54, 1.807) is 26.2 Å². The van der Waals surface area contributed by atoms with Gasteiger partial charge in [0.05, 0.1) is 12.7 Å². The lowest BCUT2D eigenvalue weighted by atomic mass is 10.1. The average Bonchev–Trinajstić information content (AvgIpc) is 2.60. The van der Waals surface area contributed by atoms with Gasteiger partial charge in [-0.3, -0.25) is 4.79 Å². The minimum absolute atomic E-state index is 0.340. The van der Waals surface area contributed by atoms with Crippen LogP contribution in [0.3, 0.4) is 0 Å². The quantitative estimate of drug-likeness (QED) is 0.829. The van der Waals surface area contributed by atoms with Crippen LogP contribution < -0.4 is 10.1 Å². The minimum Gasteiger partial charge on any atom is -0.497 e. The first-order chi connectivity index (χ1) is 11.5. The number of ether oxygens (including phenoxy) is 2. The summed E-state index contributed by atoms with van der Waals surface area (Å²) in [4.78, 5) is 24.2. The van der Waals surface area contributed by atoms with Crippen LogP contribution in [0, 0.1) is 6.92 Å². The van der Waals surface area contributed by atoms with Crippen LogP contribution in [-0.4, -0.2) is 25.1 Å². The van der Waals surface area contributed by atoms with Crippen molar-refractivity contribution in [3.05, 3.63) is 65.2 Å². The summed E-state index contributed by atoms with van der Waals surface area (Å²) < 4.78 is 10.3. The second kappa shape index (κ2) is 8.15. The third-order valence-corrected chi connectivity index (χ3v) is 3.64. The fourth-order valence-corrected chi connectivity index (χ4v) is 2.16. The zero-order chi connectivity index (χ0) is 17.5. The number of amides is 1. The van der Waals surface area contributed by atoms with Crippen molar-refractivity contribution in [2.45, 2.75) is 26.5 Å². The van der Waals surface area contributed by atoms with Crippen LogP contribution in [0.2, 0.25) is 0 Å². The van der Waals surface area contributed by atoms with Crippen molar-refractivity contribution < 1.29 is 19.1 Å². The fraction of sp³-hybridized carbons (Fsp3) is 0.263. The standard InChI is InChI=1S/C19H21NO4/c1-13-6-4-5-7-17(13)19(22)24-14(2)18(21)20-12-15-8-10-16(23-3)11-9-15/h4-11,14H,12H2,1-3H3,(H,20,21)/t14-/m0/s1. The number of hydrogen-bond acceptors (Lipinski definition) is 4. The molecule has 0 unspecified atom stereocenters. The molecule has 0 aliphatic heterocycles. The maximum atomic E-state index is 12.1. The Balaban J connectivity index is 1.87. The highest BCUT2D eigenvalue weighted by atomic mass is 16.5. The van der Waals surface area contributed by atoms with Gasteiger partial charge in [-0.25, -0.2) is 4.79 Å². The summed E-state index contributed by atoms with van der Waals surface area (Å²) in [6, 6.07) is 14.5. The van der Waals surface area contributed by atoms with Crippen LogP contribution in [-0.2, 0) is 16.1 Å². The van der Waals surface area contributed by atoms with Gasteiger partial charge < -0.3 is 14.8 Å². The molecule has 24 heavy (non-hydrogen) atoms. The molecule has 0 saturated carbocycles. The van der Waals surface area contributed by atoms with E-state index >= 15 is 0 Å². The smallest absolute Gasteiger partial charge is 0.339 e. The predicted octanol–water partition coefficient (Wildman–Crippen LogP) is 2.87. The van der Waals surface area contributed by atoms with Gasteiger partial charge in [0.1, 0.15) is 5.75 Å². The van der Waals surface area contributed by atoms with E-state index in [0.717, 1.165) is 16.9 Å². The lowest BCUT2D eigenvalue weighted by Gasteiger charge is -2.14. The second-order valence-electron chi connectivity index (χ2n) is 5.43. The molecule has 1 atom stereocenters. The molecule has 2 rings (SSSR count). The van der Waals surface area contributed by atoms with Gasteiger partial charge in [0.25, 0.3) is 5.91 Å². The SMILES string of the molecule is COc1ccc(CNC(=O)[C@H](C)OC(=O)c2ccccc2C)cc1. The first-order valence-electron chi connectivity index (χ1n) is 7.68. The fourth-order valence-electron chi connectivity index (χ4n) is 2.16. The molecule has 0 aliphatic carbocycles. The molecule has 2 aromatic rings. The van der Waals surface area contributed by atoms with Crippen molar-refractivity contribution in [1.29, 1.82) is 0 Å². The molecular formula is C19H21NO4. The number of nitrogens with one attached hydrogen (secondary N) is 1. The summed E-state index contributed by atoms with van der Waals surface area (Å²) in [6.45, 7) is 3.74. The van der Waals surface area contributed by atoms with Crippen molar-refractivity contribution in [3.8, 4) is 5.75 Å². The lowest BCUT2D eigenvalue weighted by Crippen LogP contribution is -2.35. The van der Waals surface area contributed by atoms with Crippen molar-refractivity contribution in [1.82, 2.24) is 5.32 Å². The molecular weight excluding hydrogens is 306 g/mol. The molecule has 0 saturated heterocycles. The largest absolute Gasteiger partial charge is 0.497 e. The van der Waals surface area contributed by atoms with Gasteiger partial charge in [0.2, 0.25) is 0 Å². The number of esters is 1. The van der Waals surface area contributed by atoms with Gasteiger partial charge >= 0.3 is 5.97 Å². The van der Waals surface area contributed by atoms with Gasteiger partial charge in [-0.1, -0.05) is 30.3 Å². The van der Waals surface area contributed by atoms with Gasteiger partial charge in [-0.05, 0) is 43.2 Å². The summed E-state index contributed by atoms with van der Waals surface area (Å²) >= 11 is 0. The molecule has 1 N–H and O–H groups in total. The Labute approximate surface area is 141 Å². The van der Waals surface area contributed by atoms with Crippen LogP contribution in [0.1, 0.15) is 28.4 Å². The van der Waals surface area contributed by atoms with E-state index in [2.05, 4.69) is 5.32 Å². The summed E-state index contributed by atoms with van der Waals surface area (Å²) in [5.41, 5.74) is 2.21. The number of carbonyl (C=O) groups is 2. The van der Waals surface area contributed by atoms with Crippen molar-refractivity contribution in [2.24, 2.45) is 0 Å². The van der Waals surface area contributed by atoms with Crippen molar-refractivity contribution in [3.63, 3.8) is 0 Å². The van der Waals surface area contributed by atoms with Crippen molar-refractivity contribution >= 4 is 11.9 Å². The summed E-state index contributed by atoms with van der Waals surface area (Å²) in [5.74, 6) is -0.0847. The molecule has 0 aliphatic rings. The number of carbonyl (C=O) groups excluding carboxylic acids is 2. The van der Waals surface area contributed by atoms with Gasteiger partial charge in [0, 0.05) is 6.54 Å². The molecule has 0 aromatic heterocycles. The zero-order valence-corrected chi connectivity index (χ0v) is 14.0. The maximum Gasteiger partial charge on any atom is 0.339 e. The first-order valence-corrected chi connectivity index (χ1v) is 7.68. The normalized spacial score (nSPS) is 11.5. The van der Waals surface area contributed by atoms with E-state index in [1.807, 2.05) is 43.3 Å². The van der Waals surface area contributed by atoms with Crippen LogP contribution in [0.4, 0.5) is 0 Å². The van der Waals surface area contributed by atoms with E-state index < -0.39 is 12.1 Å². The number of methoxy groups -OCH3 is 1. The van der Waals surface area contributed by atoms with Gasteiger partial charge in [-0.15, -0.1) is 0 Å². The highest BCUT2D eigenvalue weighted by molar-refractivity contribution is 5.93. The topological polar surface area (TPSA) is 64.6 Å². The Bertz CT molecular complexity index is 710. The summed E-state index contributed by atoms with van der Waals surface area (Å²) in [5, 5.41) is 2.75. The number of aryl methyl sites for hydroxylation is 1. The Morgan fingerprint density at radius 1 is 1.08 bits per heavy atom. The molecule has 0 heterocycles. The van der Waals surface area contributed by atoms with Crippen LogP contribution >= 0.6 is 0 Å². The van der Waals surface area contributed by atoms with E-state index in [0.29, 0.717) is 12.1 Å². The highest BCUT2D eigenvalue weighted by Crippen LogP contribution is 2.12. The van der Waals surface area contributed by atoms with Crippen LogP contribution in [0.15, 0.2) is 48.5 Å². The van der Waals surface area contributed by atoms with Crippen LogP contribution in [0.25, 0.3) is 0 Å². The first kappa shape index (κ1) is 17.5. The highest BCUT2D eigenvalue weighted by Gasteiger charge is 2.19. The minimum atomic E-state index is -0.865. The molecule has 0 radical (unpaired) electrons. The number of rotatable bonds is 6. The Hall–Kier alpha value is -2.82. The van der Waals surface area contributed by atoms with E-state index in [1.165, 1.54) is 0 Å². The number of benzene rings is 2. The lowest BCUT2D eigenvalue weighted by molar-refractivity contribution is -0.129. The maximum absolute atomic E-state index is 12.1.